The Kier molecular flexibility index (Phi) is 11.7. The van der Waals surface area contributed by atoms with E-state index in [-0.39, 0.29) is 30.7 Å². The maximum Gasteiger partial charge on any atom is 0.191 e. The van der Waals surface area contributed by atoms with E-state index in [2.05, 4.69) is 30.7 Å². The van der Waals surface area contributed by atoms with Crippen molar-refractivity contribution in [3.05, 3.63) is 11.6 Å². The van der Waals surface area contributed by atoms with E-state index >= 15 is 0 Å². The molecule has 1 saturated heterocycles. The molecule has 1 aromatic heterocycles. The number of aromatic nitrogens is 3. The summed E-state index contributed by atoms with van der Waals surface area (Å²) in [7, 11) is 1.92. The number of hydrogen-bond donors (Lipinski definition) is 2. The van der Waals surface area contributed by atoms with Gasteiger partial charge in [0.1, 0.15) is 12.4 Å². The lowest BCUT2D eigenvalue weighted by Gasteiger charge is -2.26. The van der Waals surface area contributed by atoms with Crippen molar-refractivity contribution >= 4 is 29.9 Å². The van der Waals surface area contributed by atoms with Crippen molar-refractivity contribution < 1.29 is 9.13 Å². The monoisotopic (exact) mass is 483 g/mol. The first kappa shape index (κ1) is 23.0. The minimum atomic E-state index is -0.334. The normalized spacial score (nSPS) is 15.6. The molecule has 1 aliphatic heterocycles. The van der Waals surface area contributed by atoms with E-state index in [9.17, 15) is 4.39 Å². The summed E-state index contributed by atoms with van der Waals surface area (Å²) >= 11 is 0. The van der Waals surface area contributed by atoms with Crippen LogP contribution in [0.1, 0.15) is 24.5 Å². The average molecular weight is 483 g/mol. The van der Waals surface area contributed by atoms with E-state index in [1.54, 1.807) is 0 Å². The molecule has 0 saturated carbocycles. The van der Waals surface area contributed by atoms with Gasteiger partial charge in [-0.3, -0.25) is 9.29 Å². The van der Waals surface area contributed by atoms with Crippen LogP contribution in [0.5, 0.6) is 0 Å². The van der Waals surface area contributed by atoms with Gasteiger partial charge in [-0.25, -0.2) is 4.99 Å². The highest BCUT2D eigenvalue weighted by Crippen LogP contribution is 2.00. The summed E-state index contributed by atoms with van der Waals surface area (Å²) < 4.78 is 19.6. The zero-order valence-corrected chi connectivity index (χ0v) is 18.0. The summed E-state index contributed by atoms with van der Waals surface area (Å²) in [4.78, 5) is 6.94. The number of alkyl halides is 1. The van der Waals surface area contributed by atoms with E-state index in [0.717, 1.165) is 57.5 Å². The van der Waals surface area contributed by atoms with Gasteiger partial charge in [-0.1, -0.05) is 0 Å². The number of guanidine groups is 1. The Morgan fingerprint density at radius 1 is 1.19 bits per heavy atom. The second-order valence-electron chi connectivity index (χ2n) is 6.09. The molecule has 26 heavy (non-hydrogen) atoms. The Labute approximate surface area is 172 Å². The molecule has 0 unspecified atom stereocenters. The molecule has 0 aliphatic carbocycles. The molecule has 0 amide bonds. The summed E-state index contributed by atoms with van der Waals surface area (Å²) in [5.74, 6) is 2.35. The number of ether oxygens (including phenoxy) is 1. The molecular weight excluding hydrogens is 452 g/mol. The maximum absolute atomic E-state index is 12.3. The van der Waals surface area contributed by atoms with E-state index in [1.165, 1.54) is 0 Å². The first-order chi connectivity index (χ1) is 12.2. The van der Waals surface area contributed by atoms with Gasteiger partial charge in [-0.2, -0.15) is 0 Å². The number of hydrogen-bond acceptors (Lipinski definition) is 5. The third-order valence-corrected chi connectivity index (χ3v) is 4.21. The Morgan fingerprint density at radius 3 is 2.50 bits per heavy atom. The van der Waals surface area contributed by atoms with Crippen LogP contribution in [0.3, 0.4) is 0 Å². The minimum absolute atomic E-state index is 0. The molecule has 10 heteroatoms. The highest BCUT2D eigenvalue weighted by Gasteiger charge is 2.09. The number of nitrogens with zero attached hydrogens (tertiary/aromatic N) is 5. The van der Waals surface area contributed by atoms with E-state index < -0.39 is 0 Å². The van der Waals surface area contributed by atoms with Crippen LogP contribution in [0.2, 0.25) is 0 Å². The summed E-state index contributed by atoms with van der Waals surface area (Å²) in [5, 5.41) is 14.6. The van der Waals surface area contributed by atoms with Gasteiger partial charge in [0.15, 0.2) is 11.8 Å². The summed E-state index contributed by atoms with van der Waals surface area (Å²) in [5.41, 5.74) is 0. The molecule has 0 atom stereocenters. The number of nitrogens with one attached hydrogen (secondary N) is 2. The highest BCUT2D eigenvalue weighted by atomic mass is 127. The van der Waals surface area contributed by atoms with E-state index in [4.69, 9.17) is 4.74 Å². The van der Waals surface area contributed by atoms with Crippen molar-refractivity contribution in [2.75, 3.05) is 52.6 Å². The van der Waals surface area contributed by atoms with Gasteiger partial charge < -0.3 is 19.9 Å². The largest absolute Gasteiger partial charge is 0.379 e. The highest BCUT2D eigenvalue weighted by molar-refractivity contribution is 14.0. The maximum atomic E-state index is 12.3. The first-order valence-corrected chi connectivity index (χ1v) is 8.94. The fraction of sp³-hybridized carbons (Fsp3) is 0.812. The summed E-state index contributed by atoms with van der Waals surface area (Å²) in [6, 6.07) is 0. The lowest BCUT2D eigenvalue weighted by molar-refractivity contribution is 0.0376. The molecule has 2 rings (SSSR count). The van der Waals surface area contributed by atoms with Crippen LogP contribution >= 0.6 is 24.0 Å². The smallest absolute Gasteiger partial charge is 0.191 e. The number of halogens is 2. The first-order valence-electron chi connectivity index (χ1n) is 8.94. The summed E-state index contributed by atoms with van der Waals surface area (Å²) in [6.45, 7) is 8.07. The third kappa shape index (κ3) is 8.12. The Hall–Kier alpha value is -1.01. The molecule has 2 heterocycles. The van der Waals surface area contributed by atoms with Crippen molar-refractivity contribution in [2.45, 2.75) is 26.3 Å². The zero-order chi connectivity index (χ0) is 17.9. The Morgan fingerprint density at radius 2 is 1.88 bits per heavy atom. The zero-order valence-electron chi connectivity index (χ0n) is 15.7. The van der Waals surface area contributed by atoms with Crippen LogP contribution in [0.25, 0.3) is 0 Å². The van der Waals surface area contributed by atoms with Crippen LogP contribution in [0, 0.1) is 6.92 Å². The van der Waals surface area contributed by atoms with Crippen LogP contribution in [-0.2, 0) is 18.3 Å². The quantitative estimate of drug-likeness (QED) is 0.235. The fourth-order valence-electron chi connectivity index (χ4n) is 2.52. The van der Waals surface area contributed by atoms with Crippen molar-refractivity contribution in [3.63, 3.8) is 0 Å². The van der Waals surface area contributed by atoms with Gasteiger partial charge in [0.05, 0.1) is 19.9 Å². The number of rotatable bonds is 9. The van der Waals surface area contributed by atoms with Gasteiger partial charge in [-0.05, 0) is 26.3 Å². The summed E-state index contributed by atoms with van der Waals surface area (Å²) in [6.07, 6.45) is 1.49. The molecule has 2 N–H and O–H groups in total. The second kappa shape index (κ2) is 13.2. The van der Waals surface area contributed by atoms with E-state index in [0.29, 0.717) is 25.5 Å². The molecule has 0 spiro atoms. The van der Waals surface area contributed by atoms with Gasteiger partial charge in [0, 0.05) is 33.2 Å². The topological polar surface area (TPSA) is 79.6 Å². The molecule has 1 fully saturated rings. The predicted octanol–water partition coefficient (Wildman–Crippen LogP) is 0.859. The van der Waals surface area contributed by atoms with Gasteiger partial charge >= 0.3 is 0 Å². The standard InChI is InChI=1S/C16H30FN7O.HI/c1-14-21-22-15(23(14)2)13-20-16(18-6-3-5-17)19-7-4-8-24-9-11-25-12-10-24;/h3-13H2,1-2H3,(H2,18,19,20);1H. The molecule has 1 aliphatic rings. The number of morpholine rings is 1. The van der Waals surface area contributed by atoms with Gasteiger partial charge in [0.25, 0.3) is 0 Å². The lowest BCUT2D eigenvalue weighted by Crippen LogP contribution is -2.41. The second-order valence-corrected chi connectivity index (χ2v) is 6.09. The Balaban J connectivity index is 0.00000338. The SMILES string of the molecule is Cc1nnc(CN=C(NCCCF)NCCCN2CCOCC2)n1C.I. The fourth-order valence-corrected chi connectivity index (χ4v) is 2.52. The molecule has 0 bridgehead atoms. The average Bonchev–Trinajstić information content (AvgIpc) is 2.95. The third-order valence-electron chi connectivity index (χ3n) is 4.21. The van der Waals surface area contributed by atoms with Crippen molar-refractivity contribution in [1.82, 2.24) is 30.3 Å². The van der Waals surface area contributed by atoms with Crippen LogP contribution in [0.4, 0.5) is 4.39 Å². The van der Waals surface area contributed by atoms with Gasteiger partial charge in [-0.15, -0.1) is 34.2 Å². The van der Waals surface area contributed by atoms with Gasteiger partial charge in [0.2, 0.25) is 0 Å². The van der Waals surface area contributed by atoms with Crippen LogP contribution in [0.15, 0.2) is 4.99 Å². The Bertz CT molecular complexity index is 535. The molecule has 8 nitrogen and oxygen atoms in total. The van der Waals surface area contributed by atoms with Crippen LogP contribution < -0.4 is 10.6 Å². The molecule has 1 aromatic rings. The molecule has 150 valence electrons. The van der Waals surface area contributed by atoms with Crippen molar-refractivity contribution in [2.24, 2.45) is 12.0 Å². The molecular formula is C16H31FIN7O. The number of aliphatic imine (C=N–C) groups is 1. The lowest BCUT2D eigenvalue weighted by atomic mass is 10.3. The predicted molar refractivity (Wildman–Crippen MR) is 111 cm³/mol. The van der Waals surface area contributed by atoms with Crippen LogP contribution in [-0.4, -0.2) is 78.2 Å². The molecule has 0 aromatic carbocycles. The molecule has 0 radical (unpaired) electrons. The van der Waals surface area contributed by atoms with Crippen molar-refractivity contribution in [1.29, 1.82) is 0 Å². The minimum Gasteiger partial charge on any atom is -0.379 e. The number of aryl methyl sites for hydroxylation is 1. The van der Waals surface area contributed by atoms with E-state index in [1.807, 2.05) is 18.5 Å². The van der Waals surface area contributed by atoms with Crippen molar-refractivity contribution in [3.8, 4) is 0 Å².